The van der Waals surface area contributed by atoms with Crippen LogP contribution in [0.3, 0.4) is 0 Å². The van der Waals surface area contributed by atoms with Crippen molar-refractivity contribution in [3.05, 3.63) is 59.9 Å². The summed E-state index contributed by atoms with van der Waals surface area (Å²) in [5, 5.41) is 12.4. The minimum Gasteiger partial charge on any atom is -0.404 e. The van der Waals surface area contributed by atoms with Crippen LogP contribution in [0.2, 0.25) is 0 Å². The summed E-state index contributed by atoms with van der Waals surface area (Å²) in [6.07, 6.45) is -0.413. The number of nitrogens with one attached hydrogen (secondary N) is 1. The molecule has 4 rings (SSSR count). The van der Waals surface area contributed by atoms with Crippen LogP contribution in [0.4, 0.5) is 33.5 Å². The molecule has 3 N–H and O–H groups in total. The second kappa shape index (κ2) is 11.0. The zero-order valence-corrected chi connectivity index (χ0v) is 21.1. The number of nitrogens with two attached hydrogens (primary N) is 1. The summed E-state index contributed by atoms with van der Waals surface area (Å²) in [5.41, 5.74) is 5.98. The molecule has 1 aliphatic carbocycles. The van der Waals surface area contributed by atoms with Crippen LogP contribution < -0.4 is 16.0 Å². The first-order valence-electron chi connectivity index (χ1n) is 12.3. The summed E-state index contributed by atoms with van der Waals surface area (Å²) >= 11 is 0. The van der Waals surface area contributed by atoms with Gasteiger partial charge in [-0.1, -0.05) is 24.3 Å². The zero-order valence-electron chi connectivity index (χ0n) is 21.1. The lowest BCUT2D eigenvalue weighted by Gasteiger charge is -2.21. The molecule has 2 aromatic rings. The first kappa shape index (κ1) is 28.7. The van der Waals surface area contributed by atoms with Gasteiger partial charge in [-0.05, 0) is 42.4 Å². The Labute approximate surface area is 226 Å². The largest absolute Gasteiger partial charge is 0.455 e. The van der Waals surface area contributed by atoms with E-state index in [0.29, 0.717) is 29.8 Å². The Morgan fingerprint density at radius 2 is 2.00 bits per heavy atom. The predicted molar refractivity (Wildman–Crippen MR) is 137 cm³/mol. The number of carbonyl (C=O) groups excluding carboxylic acids is 2. The number of hydrogen-bond donors (Lipinski definition) is 2. The van der Waals surface area contributed by atoms with Crippen molar-refractivity contribution in [2.24, 2.45) is 22.1 Å². The van der Waals surface area contributed by atoms with Gasteiger partial charge in [0.25, 0.3) is 0 Å². The SMILES string of the molecule is N#C[C@@]1(C2CC2)CCN(c2ccnc(NC(=O)Cc3cccc(C(C=NCC(F)(F)C(F)(F)F)=CN)c3)c2)C1=O. The summed E-state index contributed by atoms with van der Waals surface area (Å²) in [7, 11) is 0. The fourth-order valence-electron chi connectivity index (χ4n) is 4.58. The molecule has 0 radical (unpaired) electrons. The summed E-state index contributed by atoms with van der Waals surface area (Å²) < 4.78 is 63.3. The van der Waals surface area contributed by atoms with Crippen molar-refractivity contribution in [3.63, 3.8) is 0 Å². The van der Waals surface area contributed by atoms with Gasteiger partial charge in [0.15, 0.2) is 0 Å². The number of anilines is 2. The average Bonchev–Trinajstić information content (AvgIpc) is 3.69. The van der Waals surface area contributed by atoms with E-state index in [4.69, 9.17) is 5.73 Å². The van der Waals surface area contributed by atoms with E-state index < -0.39 is 30.0 Å². The van der Waals surface area contributed by atoms with Gasteiger partial charge in [0.05, 0.1) is 12.5 Å². The normalized spacial score (nSPS) is 20.1. The number of carbonyl (C=O) groups is 2. The van der Waals surface area contributed by atoms with Crippen molar-refractivity contribution >= 4 is 35.1 Å². The maximum absolute atomic E-state index is 13.1. The van der Waals surface area contributed by atoms with E-state index in [0.717, 1.165) is 25.3 Å². The third-order valence-corrected chi connectivity index (χ3v) is 6.89. The van der Waals surface area contributed by atoms with Gasteiger partial charge >= 0.3 is 12.1 Å². The summed E-state index contributed by atoms with van der Waals surface area (Å²) in [5.74, 6) is -5.39. The molecule has 1 saturated carbocycles. The maximum Gasteiger partial charge on any atom is 0.455 e. The molecule has 2 heterocycles. The second-order valence-corrected chi connectivity index (χ2v) is 9.68. The first-order chi connectivity index (χ1) is 18.9. The number of pyridine rings is 1. The van der Waals surface area contributed by atoms with Crippen molar-refractivity contribution < 1.29 is 31.5 Å². The molecule has 210 valence electrons. The Morgan fingerprint density at radius 1 is 1.25 bits per heavy atom. The number of rotatable bonds is 9. The molecule has 13 heteroatoms. The lowest BCUT2D eigenvalue weighted by atomic mass is 9.83. The fraction of sp³-hybridized carbons (Fsp3) is 0.370. The average molecular weight is 561 g/mol. The van der Waals surface area contributed by atoms with Crippen LogP contribution in [-0.4, -0.2) is 48.2 Å². The number of halogens is 5. The smallest absolute Gasteiger partial charge is 0.404 e. The highest BCUT2D eigenvalue weighted by molar-refractivity contribution is 6.09. The summed E-state index contributed by atoms with van der Waals surface area (Å²) in [6.45, 7) is -1.40. The van der Waals surface area contributed by atoms with Crippen LogP contribution >= 0.6 is 0 Å². The zero-order chi connectivity index (χ0) is 29.1. The quantitative estimate of drug-likeness (QED) is 0.346. The van der Waals surface area contributed by atoms with E-state index >= 15 is 0 Å². The van der Waals surface area contributed by atoms with Gasteiger partial charge in [0.2, 0.25) is 11.8 Å². The van der Waals surface area contributed by atoms with Crippen LogP contribution in [-0.2, 0) is 16.0 Å². The van der Waals surface area contributed by atoms with Gasteiger partial charge in [-0.15, -0.1) is 0 Å². The monoisotopic (exact) mass is 560 g/mol. The van der Waals surface area contributed by atoms with E-state index in [1.807, 2.05) is 0 Å². The minimum atomic E-state index is -5.72. The molecule has 8 nitrogen and oxygen atoms in total. The summed E-state index contributed by atoms with van der Waals surface area (Å²) in [6, 6.07) is 11.7. The van der Waals surface area contributed by atoms with Crippen molar-refractivity contribution in [2.75, 3.05) is 23.3 Å². The fourth-order valence-corrected chi connectivity index (χ4v) is 4.58. The van der Waals surface area contributed by atoms with E-state index in [2.05, 4.69) is 21.4 Å². The lowest BCUT2D eigenvalue weighted by molar-refractivity contribution is -0.276. The Balaban J connectivity index is 1.40. The van der Waals surface area contributed by atoms with Gasteiger partial charge in [0, 0.05) is 42.5 Å². The Kier molecular flexibility index (Phi) is 7.91. The number of benzene rings is 1. The summed E-state index contributed by atoms with van der Waals surface area (Å²) in [4.78, 5) is 34.7. The minimum absolute atomic E-state index is 0.0773. The highest BCUT2D eigenvalue weighted by Crippen LogP contribution is 2.52. The van der Waals surface area contributed by atoms with Crippen molar-refractivity contribution in [1.82, 2.24) is 4.98 Å². The van der Waals surface area contributed by atoms with Crippen LogP contribution in [0.25, 0.3) is 5.57 Å². The number of hydrogen-bond acceptors (Lipinski definition) is 6. The van der Waals surface area contributed by atoms with Crippen LogP contribution in [0.5, 0.6) is 0 Å². The van der Waals surface area contributed by atoms with E-state index in [1.54, 1.807) is 24.3 Å². The van der Waals surface area contributed by atoms with Crippen LogP contribution in [0.1, 0.15) is 30.4 Å². The predicted octanol–water partition coefficient (Wildman–Crippen LogP) is 4.49. The molecular weight excluding hydrogens is 535 g/mol. The molecule has 1 aromatic carbocycles. The van der Waals surface area contributed by atoms with Gasteiger partial charge < -0.3 is 16.0 Å². The Hall–Kier alpha value is -4.34. The second-order valence-electron chi connectivity index (χ2n) is 9.68. The molecule has 1 atom stereocenters. The van der Waals surface area contributed by atoms with Gasteiger partial charge in [-0.2, -0.15) is 27.2 Å². The highest BCUT2D eigenvalue weighted by Gasteiger charge is 2.57. The number of allylic oxidation sites excluding steroid dienone is 1. The van der Waals surface area contributed by atoms with Crippen molar-refractivity contribution in [2.45, 2.75) is 37.8 Å². The number of aromatic nitrogens is 1. The topological polar surface area (TPSA) is 124 Å². The van der Waals surface area contributed by atoms with Crippen molar-refractivity contribution in [1.29, 1.82) is 5.26 Å². The molecule has 2 amide bonds. The molecular formula is C27H25F5N6O2. The van der Waals surface area contributed by atoms with Crippen LogP contribution in [0, 0.1) is 22.7 Å². The number of aliphatic imine (C=N–C) groups is 1. The Morgan fingerprint density at radius 3 is 2.65 bits per heavy atom. The Bertz CT molecular complexity index is 1400. The van der Waals surface area contributed by atoms with Crippen LogP contribution in [0.15, 0.2) is 53.8 Å². The number of amides is 2. The molecule has 1 aliphatic heterocycles. The number of nitrogens with zero attached hydrogens (tertiary/aromatic N) is 4. The van der Waals surface area contributed by atoms with Gasteiger partial charge in [0.1, 0.15) is 17.8 Å². The lowest BCUT2D eigenvalue weighted by Crippen LogP contribution is -2.39. The van der Waals surface area contributed by atoms with Gasteiger partial charge in [-0.25, -0.2) is 4.98 Å². The van der Waals surface area contributed by atoms with Crippen molar-refractivity contribution in [3.8, 4) is 6.07 Å². The molecule has 2 aliphatic rings. The molecule has 0 unspecified atom stereocenters. The van der Waals surface area contributed by atoms with E-state index in [-0.39, 0.29) is 29.6 Å². The molecule has 0 spiro atoms. The van der Waals surface area contributed by atoms with E-state index in [1.165, 1.54) is 23.2 Å². The molecule has 1 aromatic heterocycles. The highest BCUT2D eigenvalue weighted by atomic mass is 19.4. The first-order valence-corrected chi connectivity index (χ1v) is 12.3. The molecule has 0 bridgehead atoms. The standard InChI is InChI=1S/C27H25F5N6O2/c28-26(29,27(30,31)32)16-35-14-19(13-33)18-3-1-2-17(10-18)11-23(39)37-22-12-21(6-8-36-22)38-9-7-25(15-34,24(38)40)20-4-5-20/h1-3,6,8,10,12-14,20H,4-5,7,9,11,16,33H2,(H,36,37,39)/t25-/m1/s1. The van der Waals surface area contributed by atoms with Gasteiger partial charge in [-0.3, -0.25) is 14.6 Å². The molecule has 1 saturated heterocycles. The third-order valence-electron chi connectivity index (χ3n) is 6.89. The third kappa shape index (κ3) is 5.95. The van der Waals surface area contributed by atoms with E-state index in [9.17, 15) is 36.8 Å². The molecule has 2 fully saturated rings. The number of nitriles is 1. The maximum atomic E-state index is 13.1. The molecule has 40 heavy (non-hydrogen) atoms. The number of alkyl halides is 5.